The molecule has 2 heterocycles. The Bertz CT molecular complexity index is 968. The summed E-state index contributed by atoms with van der Waals surface area (Å²) < 4.78 is 78.9. The third kappa shape index (κ3) is 5.38. The van der Waals surface area contributed by atoms with Gasteiger partial charge in [-0.25, -0.2) is 0 Å². The van der Waals surface area contributed by atoms with Crippen molar-refractivity contribution in [2.75, 3.05) is 0 Å². The lowest BCUT2D eigenvalue weighted by Gasteiger charge is -2.23. The molecule has 0 fully saturated rings. The van der Waals surface area contributed by atoms with Crippen molar-refractivity contribution in [1.82, 2.24) is 9.88 Å². The molecule has 0 bridgehead atoms. The summed E-state index contributed by atoms with van der Waals surface area (Å²) in [4.78, 5) is 18.3. The molecule has 0 aliphatic carbocycles. The zero-order valence-electron chi connectivity index (χ0n) is 15.2. The van der Waals surface area contributed by atoms with Crippen LogP contribution in [-0.4, -0.2) is 15.8 Å². The van der Waals surface area contributed by atoms with Gasteiger partial charge in [0, 0.05) is 18.3 Å². The van der Waals surface area contributed by atoms with Crippen LogP contribution in [0.4, 0.5) is 26.3 Å². The number of thiophene rings is 1. The molecule has 0 atom stereocenters. The Morgan fingerprint density at radius 2 is 1.60 bits per heavy atom. The number of hydrogen-bond donors (Lipinski definition) is 0. The first-order chi connectivity index (χ1) is 14.0. The number of alkyl halides is 6. The Labute approximate surface area is 171 Å². The first kappa shape index (κ1) is 21.8. The highest BCUT2D eigenvalue weighted by molar-refractivity contribution is 7.07. The number of pyridine rings is 1. The summed E-state index contributed by atoms with van der Waals surface area (Å²) in [6.07, 6.45) is -8.58. The standard InChI is InChI=1S/C20H14F6N2OS/c21-19(22,23)15-7-14(8-16(9-15)20(24,25)26)18(29)28(10-13-4-6-30-12-13)11-17-3-1-2-5-27-17/h1-9,12H,10-11H2. The lowest BCUT2D eigenvalue weighted by molar-refractivity contribution is -0.143. The molecule has 0 spiro atoms. The summed E-state index contributed by atoms with van der Waals surface area (Å²) in [6.45, 7) is -0.0659. The molecule has 3 nitrogen and oxygen atoms in total. The third-order valence-electron chi connectivity index (χ3n) is 4.15. The van der Waals surface area contributed by atoms with Gasteiger partial charge in [0.2, 0.25) is 0 Å². The third-order valence-corrected chi connectivity index (χ3v) is 4.89. The first-order valence-corrected chi connectivity index (χ1v) is 9.48. The highest BCUT2D eigenvalue weighted by Crippen LogP contribution is 2.36. The number of amides is 1. The van der Waals surface area contributed by atoms with Gasteiger partial charge in [-0.05, 0) is 52.7 Å². The van der Waals surface area contributed by atoms with E-state index in [-0.39, 0.29) is 19.2 Å². The predicted molar refractivity (Wildman–Crippen MR) is 98.6 cm³/mol. The van der Waals surface area contributed by atoms with E-state index in [1.807, 2.05) is 0 Å². The van der Waals surface area contributed by atoms with Gasteiger partial charge < -0.3 is 4.90 Å². The number of halogens is 6. The van der Waals surface area contributed by atoms with E-state index in [2.05, 4.69) is 4.98 Å². The molecular weight excluding hydrogens is 430 g/mol. The minimum atomic E-state index is -5.03. The van der Waals surface area contributed by atoms with Crippen LogP contribution in [-0.2, 0) is 25.4 Å². The zero-order chi connectivity index (χ0) is 21.9. The van der Waals surface area contributed by atoms with E-state index in [0.29, 0.717) is 23.4 Å². The molecule has 1 aromatic carbocycles. The molecule has 0 saturated heterocycles. The summed E-state index contributed by atoms with van der Waals surface area (Å²) >= 11 is 1.36. The van der Waals surface area contributed by atoms with E-state index in [1.165, 1.54) is 22.4 Å². The molecule has 0 saturated carbocycles. The average molecular weight is 444 g/mol. The topological polar surface area (TPSA) is 33.2 Å². The van der Waals surface area contributed by atoms with Gasteiger partial charge in [-0.15, -0.1) is 0 Å². The molecule has 0 aliphatic rings. The molecule has 3 rings (SSSR count). The molecule has 0 radical (unpaired) electrons. The van der Waals surface area contributed by atoms with Gasteiger partial charge in [0.05, 0.1) is 23.4 Å². The van der Waals surface area contributed by atoms with Crippen LogP contribution >= 0.6 is 11.3 Å². The molecule has 3 aromatic rings. The lowest BCUT2D eigenvalue weighted by Crippen LogP contribution is -2.31. The summed E-state index contributed by atoms with van der Waals surface area (Å²) in [7, 11) is 0. The number of carbonyl (C=O) groups is 1. The quantitative estimate of drug-likeness (QED) is 0.451. The van der Waals surface area contributed by atoms with Crippen molar-refractivity contribution >= 4 is 17.2 Å². The first-order valence-electron chi connectivity index (χ1n) is 8.54. The van der Waals surface area contributed by atoms with Crippen LogP contribution in [0.2, 0.25) is 0 Å². The number of aromatic nitrogens is 1. The van der Waals surface area contributed by atoms with E-state index in [4.69, 9.17) is 0 Å². The van der Waals surface area contributed by atoms with Gasteiger partial charge >= 0.3 is 12.4 Å². The van der Waals surface area contributed by atoms with Gasteiger partial charge in [0.25, 0.3) is 5.91 Å². The second-order valence-electron chi connectivity index (χ2n) is 6.41. The van der Waals surface area contributed by atoms with Crippen LogP contribution in [0.15, 0.2) is 59.4 Å². The Morgan fingerprint density at radius 1 is 0.933 bits per heavy atom. The maximum atomic E-state index is 13.2. The van der Waals surface area contributed by atoms with Gasteiger partial charge in [0.15, 0.2) is 0 Å². The molecule has 0 N–H and O–H groups in total. The van der Waals surface area contributed by atoms with Crippen LogP contribution in [0.25, 0.3) is 0 Å². The fourth-order valence-corrected chi connectivity index (χ4v) is 3.41. The van der Waals surface area contributed by atoms with Gasteiger partial charge in [-0.3, -0.25) is 9.78 Å². The van der Waals surface area contributed by atoms with E-state index < -0.39 is 35.0 Å². The molecule has 1 amide bonds. The summed E-state index contributed by atoms with van der Waals surface area (Å²) in [6, 6.07) is 7.53. The van der Waals surface area contributed by atoms with Crippen molar-refractivity contribution in [1.29, 1.82) is 0 Å². The smallest absolute Gasteiger partial charge is 0.328 e. The minimum Gasteiger partial charge on any atom is -0.328 e. The molecule has 2 aromatic heterocycles. The molecule has 0 unspecified atom stereocenters. The van der Waals surface area contributed by atoms with Gasteiger partial charge in [0.1, 0.15) is 0 Å². The lowest BCUT2D eigenvalue weighted by atomic mass is 10.0. The fraction of sp³-hybridized carbons (Fsp3) is 0.200. The number of rotatable bonds is 5. The summed E-state index contributed by atoms with van der Waals surface area (Å²) in [5.41, 5.74) is -2.61. The normalized spacial score (nSPS) is 12.1. The van der Waals surface area contributed by atoms with Crippen LogP contribution in [0.5, 0.6) is 0 Å². The van der Waals surface area contributed by atoms with E-state index >= 15 is 0 Å². The number of hydrogen-bond acceptors (Lipinski definition) is 3. The van der Waals surface area contributed by atoms with Crippen LogP contribution in [0.3, 0.4) is 0 Å². The number of carbonyl (C=O) groups excluding carboxylic acids is 1. The number of benzene rings is 1. The monoisotopic (exact) mass is 444 g/mol. The zero-order valence-corrected chi connectivity index (χ0v) is 16.0. The van der Waals surface area contributed by atoms with Crippen LogP contribution in [0.1, 0.15) is 32.7 Å². The minimum absolute atomic E-state index is 0.00124. The second-order valence-corrected chi connectivity index (χ2v) is 7.19. The average Bonchev–Trinajstić information content (AvgIpc) is 3.19. The highest BCUT2D eigenvalue weighted by Gasteiger charge is 2.38. The van der Waals surface area contributed by atoms with Gasteiger partial charge in [-0.1, -0.05) is 6.07 Å². The summed E-state index contributed by atoms with van der Waals surface area (Å²) in [5, 5.41) is 3.50. The SMILES string of the molecule is O=C(c1cc(C(F)(F)F)cc(C(F)(F)F)c1)N(Cc1ccsc1)Cc1ccccn1. The van der Waals surface area contributed by atoms with E-state index in [0.717, 1.165) is 0 Å². The number of nitrogens with zero attached hydrogens (tertiary/aromatic N) is 2. The molecule has 10 heteroatoms. The highest BCUT2D eigenvalue weighted by atomic mass is 32.1. The van der Waals surface area contributed by atoms with E-state index in [9.17, 15) is 31.1 Å². The molecular formula is C20H14F6N2OS. The van der Waals surface area contributed by atoms with Crippen molar-refractivity contribution in [3.8, 4) is 0 Å². The van der Waals surface area contributed by atoms with Crippen molar-refractivity contribution in [3.05, 3.63) is 87.4 Å². The van der Waals surface area contributed by atoms with Crippen molar-refractivity contribution in [3.63, 3.8) is 0 Å². The molecule has 30 heavy (non-hydrogen) atoms. The van der Waals surface area contributed by atoms with Crippen molar-refractivity contribution < 1.29 is 31.1 Å². The molecule has 0 aliphatic heterocycles. The van der Waals surface area contributed by atoms with E-state index in [1.54, 1.807) is 35.0 Å². The van der Waals surface area contributed by atoms with Crippen molar-refractivity contribution in [2.24, 2.45) is 0 Å². The largest absolute Gasteiger partial charge is 0.416 e. The predicted octanol–water partition coefficient (Wildman–Crippen LogP) is 6.02. The summed E-state index contributed by atoms with van der Waals surface area (Å²) in [5.74, 6) is -0.955. The Morgan fingerprint density at radius 3 is 2.10 bits per heavy atom. The maximum Gasteiger partial charge on any atom is 0.416 e. The Balaban J connectivity index is 2.02. The van der Waals surface area contributed by atoms with Crippen molar-refractivity contribution in [2.45, 2.75) is 25.4 Å². The maximum absolute atomic E-state index is 13.2. The molecule has 158 valence electrons. The second kappa shape index (κ2) is 8.47. The van der Waals surface area contributed by atoms with Crippen LogP contribution < -0.4 is 0 Å². The fourth-order valence-electron chi connectivity index (χ4n) is 2.75. The van der Waals surface area contributed by atoms with Gasteiger partial charge in [-0.2, -0.15) is 37.7 Å². The Hall–Kier alpha value is -2.88. The Kier molecular flexibility index (Phi) is 6.16. The van der Waals surface area contributed by atoms with Crippen LogP contribution in [0, 0.1) is 0 Å².